The first-order valence-electron chi connectivity index (χ1n) is 12.4. The van der Waals surface area contributed by atoms with Crippen molar-refractivity contribution in [3.05, 3.63) is 90.1 Å². The van der Waals surface area contributed by atoms with E-state index in [0.717, 1.165) is 10.7 Å². The highest BCUT2D eigenvalue weighted by Gasteiger charge is 2.49. The molecule has 1 fully saturated rings. The number of methoxy groups -OCH3 is 2. The molecule has 1 aromatic heterocycles. The number of carbonyl (C=O) groups excluding carboxylic acids is 2. The third-order valence-electron chi connectivity index (χ3n) is 6.56. The van der Waals surface area contributed by atoms with Crippen molar-refractivity contribution in [3.8, 4) is 34.2 Å². The molecule has 0 radical (unpaired) electrons. The van der Waals surface area contributed by atoms with Crippen LogP contribution in [0, 0.1) is 0 Å². The minimum atomic E-state index is -2.98. The number of benzene rings is 3. The third kappa shape index (κ3) is 5.31. The number of hydrogen-bond donors (Lipinski definition) is 1. The number of nitrogens with one attached hydrogen (secondary N) is 1. The highest BCUT2D eigenvalue weighted by atomic mass is 19.3. The minimum absolute atomic E-state index is 0.0721. The lowest BCUT2D eigenvalue weighted by molar-refractivity contribution is -0.131. The number of imide groups is 1. The number of ether oxygens (including phenoxy) is 3. The molecule has 5 rings (SSSR count). The van der Waals surface area contributed by atoms with Crippen LogP contribution in [0.4, 0.5) is 13.6 Å². The Kier molecular flexibility index (Phi) is 7.38. The highest BCUT2D eigenvalue weighted by molar-refractivity contribution is 6.07. The van der Waals surface area contributed by atoms with Crippen molar-refractivity contribution in [2.24, 2.45) is 5.10 Å². The lowest BCUT2D eigenvalue weighted by Crippen LogP contribution is -2.40. The van der Waals surface area contributed by atoms with Crippen LogP contribution in [0.1, 0.15) is 18.1 Å². The summed E-state index contributed by atoms with van der Waals surface area (Å²) in [7, 11) is 3.07. The number of aromatic nitrogens is 2. The molecule has 0 spiro atoms. The van der Waals surface area contributed by atoms with E-state index < -0.39 is 24.1 Å². The molecule has 210 valence electrons. The molecule has 10 nitrogen and oxygen atoms in total. The van der Waals surface area contributed by atoms with E-state index in [9.17, 15) is 18.4 Å². The van der Waals surface area contributed by atoms with Gasteiger partial charge in [-0.05, 0) is 55.0 Å². The van der Waals surface area contributed by atoms with Gasteiger partial charge in [0.1, 0.15) is 17.0 Å². The normalized spacial score (nSPS) is 16.9. The molecule has 2 heterocycles. The maximum Gasteiger partial charge on any atom is 0.387 e. The lowest BCUT2D eigenvalue weighted by Gasteiger charge is -2.21. The Bertz CT molecular complexity index is 1610. The van der Waals surface area contributed by atoms with Crippen molar-refractivity contribution in [3.63, 3.8) is 0 Å². The van der Waals surface area contributed by atoms with E-state index in [1.54, 1.807) is 23.0 Å². The van der Waals surface area contributed by atoms with E-state index in [1.165, 1.54) is 51.6 Å². The number of halogens is 2. The number of amides is 3. The molecule has 0 aliphatic carbocycles. The number of nitrogens with zero attached hydrogens (tertiary/aromatic N) is 4. The van der Waals surface area contributed by atoms with Crippen LogP contribution >= 0.6 is 0 Å². The summed E-state index contributed by atoms with van der Waals surface area (Å²) in [6.45, 7) is -1.47. The van der Waals surface area contributed by atoms with Crippen LogP contribution in [0.5, 0.6) is 17.2 Å². The van der Waals surface area contributed by atoms with Crippen LogP contribution < -0.4 is 19.5 Å². The van der Waals surface area contributed by atoms with Crippen LogP contribution in [0.25, 0.3) is 16.9 Å². The van der Waals surface area contributed by atoms with Crippen molar-refractivity contribution < 1.29 is 32.6 Å². The Morgan fingerprint density at radius 2 is 1.68 bits per heavy atom. The monoisotopic (exact) mass is 561 g/mol. The Morgan fingerprint density at radius 3 is 2.34 bits per heavy atom. The van der Waals surface area contributed by atoms with Gasteiger partial charge in [0.05, 0.1) is 26.1 Å². The molecule has 12 heteroatoms. The summed E-state index contributed by atoms with van der Waals surface area (Å²) in [6, 6.07) is 19.4. The Labute approximate surface area is 233 Å². The molecular formula is C29H25F2N5O5. The number of hydrazone groups is 1. The molecule has 3 amide bonds. The number of hydrogen-bond acceptors (Lipinski definition) is 7. The van der Waals surface area contributed by atoms with E-state index in [-0.39, 0.29) is 5.75 Å². The maximum atomic E-state index is 13.4. The highest BCUT2D eigenvalue weighted by Crippen LogP contribution is 2.34. The molecule has 1 N–H and O–H groups in total. The van der Waals surface area contributed by atoms with Gasteiger partial charge in [-0.3, -0.25) is 4.79 Å². The molecule has 1 unspecified atom stereocenters. The smallest absolute Gasteiger partial charge is 0.387 e. The number of para-hydroxylation sites is 1. The van der Waals surface area contributed by atoms with Gasteiger partial charge in [-0.1, -0.05) is 30.3 Å². The summed E-state index contributed by atoms with van der Waals surface area (Å²) >= 11 is 0. The van der Waals surface area contributed by atoms with Crippen LogP contribution in [0.15, 0.2) is 84.1 Å². The average Bonchev–Trinajstić information content (AvgIpc) is 3.50. The first-order chi connectivity index (χ1) is 19.7. The number of alkyl halides is 2. The van der Waals surface area contributed by atoms with Crippen molar-refractivity contribution in [1.29, 1.82) is 0 Å². The molecule has 0 bridgehead atoms. The summed E-state index contributed by atoms with van der Waals surface area (Å²) < 4.78 is 41.9. The first kappa shape index (κ1) is 27.3. The average molecular weight is 562 g/mol. The Morgan fingerprint density at radius 1 is 0.976 bits per heavy atom. The van der Waals surface area contributed by atoms with Gasteiger partial charge in [0, 0.05) is 17.3 Å². The SMILES string of the molecule is COc1ccc(-c2nn(-c3ccccc3)cc2C=NN2C(=O)NC(C)(c3ccc(OC(F)F)cc3)C2=O)cc1OC. The lowest BCUT2D eigenvalue weighted by atomic mass is 9.92. The van der Waals surface area contributed by atoms with E-state index >= 15 is 0 Å². The van der Waals surface area contributed by atoms with Crippen LogP contribution in [0.2, 0.25) is 0 Å². The predicted molar refractivity (Wildman–Crippen MR) is 146 cm³/mol. The van der Waals surface area contributed by atoms with Crippen molar-refractivity contribution >= 4 is 18.2 Å². The second-order valence-electron chi connectivity index (χ2n) is 9.10. The fourth-order valence-electron chi connectivity index (χ4n) is 4.42. The maximum absolute atomic E-state index is 13.4. The Balaban J connectivity index is 1.48. The molecule has 4 aromatic rings. The van der Waals surface area contributed by atoms with E-state index in [2.05, 4.69) is 15.2 Å². The van der Waals surface area contributed by atoms with Gasteiger partial charge in [0.2, 0.25) is 0 Å². The fraction of sp³-hybridized carbons (Fsp3) is 0.172. The first-order valence-corrected chi connectivity index (χ1v) is 12.4. The molecule has 1 atom stereocenters. The van der Waals surface area contributed by atoms with E-state index in [4.69, 9.17) is 14.6 Å². The van der Waals surface area contributed by atoms with Gasteiger partial charge in [-0.2, -0.15) is 19.0 Å². The molecule has 41 heavy (non-hydrogen) atoms. The molecule has 1 aliphatic rings. The van der Waals surface area contributed by atoms with Gasteiger partial charge in [-0.15, -0.1) is 5.01 Å². The standard InChI is InChI=1S/C29H25F2N5O5/c1-29(20-10-12-22(13-11-20)41-27(30)31)26(37)36(28(38)33-29)32-16-19-17-35(21-7-5-4-6-8-21)34-25(19)18-9-14-23(39-2)24(15-18)40-3/h4-17,27H,1-3H3,(H,33,38). The second-order valence-corrected chi connectivity index (χ2v) is 9.10. The molecule has 1 saturated heterocycles. The third-order valence-corrected chi connectivity index (χ3v) is 6.56. The summed E-state index contributed by atoms with van der Waals surface area (Å²) in [5.74, 6) is 0.319. The summed E-state index contributed by atoms with van der Waals surface area (Å²) in [5, 5.41) is 12.3. The van der Waals surface area contributed by atoms with Crippen LogP contribution in [-0.2, 0) is 10.3 Å². The largest absolute Gasteiger partial charge is 0.493 e. The van der Waals surface area contributed by atoms with Crippen molar-refractivity contribution in [1.82, 2.24) is 20.1 Å². The number of urea groups is 1. The predicted octanol–water partition coefficient (Wildman–Crippen LogP) is 4.96. The summed E-state index contributed by atoms with van der Waals surface area (Å²) in [6.07, 6.45) is 3.10. The van der Waals surface area contributed by atoms with Gasteiger partial charge >= 0.3 is 12.6 Å². The van der Waals surface area contributed by atoms with Crippen molar-refractivity contribution in [2.45, 2.75) is 19.1 Å². The molecule has 0 saturated carbocycles. The second kappa shape index (κ2) is 11.1. The molecular weight excluding hydrogens is 536 g/mol. The quantitative estimate of drug-likeness (QED) is 0.229. The molecule has 3 aromatic carbocycles. The zero-order valence-corrected chi connectivity index (χ0v) is 22.2. The summed E-state index contributed by atoms with van der Waals surface area (Å²) in [5.41, 5.74) is 1.41. The number of rotatable bonds is 9. The van der Waals surface area contributed by atoms with Crippen LogP contribution in [-0.4, -0.2) is 53.8 Å². The van der Waals surface area contributed by atoms with E-state index in [1.807, 2.05) is 36.4 Å². The zero-order chi connectivity index (χ0) is 29.1. The van der Waals surface area contributed by atoms with Gasteiger partial charge in [0.25, 0.3) is 5.91 Å². The Hall–Kier alpha value is -5.26. The van der Waals surface area contributed by atoms with Gasteiger partial charge in [0.15, 0.2) is 11.5 Å². The zero-order valence-electron chi connectivity index (χ0n) is 22.2. The topological polar surface area (TPSA) is 107 Å². The minimum Gasteiger partial charge on any atom is -0.493 e. The van der Waals surface area contributed by atoms with Crippen LogP contribution in [0.3, 0.4) is 0 Å². The van der Waals surface area contributed by atoms with Gasteiger partial charge in [-0.25, -0.2) is 9.48 Å². The van der Waals surface area contributed by atoms with Crippen molar-refractivity contribution in [2.75, 3.05) is 14.2 Å². The van der Waals surface area contributed by atoms with Gasteiger partial charge < -0.3 is 19.5 Å². The molecule has 1 aliphatic heterocycles. The summed E-state index contributed by atoms with van der Waals surface area (Å²) in [4.78, 5) is 26.2. The fourth-order valence-corrected chi connectivity index (χ4v) is 4.42. The number of carbonyl (C=O) groups is 2. The van der Waals surface area contributed by atoms with E-state index in [0.29, 0.717) is 33.9 Å².